The summed E-state index contributed by atoms with van der Waals surface area (Å²) in [6.45, 7) is 3.05. The van der Waals surface area contributed by atoms with E-state index in [9.17, 15) is 0 Å². The van der Waals surface area contributed by atoms with Crippen LogP contribution in [0.15, 0.2) is 54.6 Å². The molecule has 1 unspecified atom stereocenters. The molecule has 1 atom stereocenters. The largest absolute Gasteiger partial charge is 0.328 e. The van der Waals surface area contributed by atoms with Gasteiger partial charge in [-0.05, 0) is 24.6 Å². The number of rotatable bonds is 5. The summed E-state index contributed by atoms with van der Waals surface area (Å²) in [5.41, 5.74) is 6.30. The smallest absolute Gasteiger partial charge is 0.111 e. The highest BCUT2D eigenvalue weighted by Crippen LogP contribution is 2.21. The molecule has 0 spiro atoms. The van der Waals surface area contributed by atoms with E-state index in [1.807, 2.05) is 24.3 Å². The second kappa shape index (κ2) is 6.08. The number of nitrogens with one attached hydrogen (secondary N) is 1. The lowest BCUT2D eigenvalue weighted by molar-refractivity contribution is 0.525. The Hall–Kier alpha value is -2.17. The van der Waals surface area contributed by atoms with Crippen molar-refractivity contribution < 1.29 is 0 Å². The number of hydrogen-bond donors (Lipinski definition) is 2. The second-order valence-corrected chi connectivity index (χ2v) is 5.10. The lowest BCUT2D eigenvalue weighted by Gasteiger charge is -2.16. The molecule has 0 aliphatic carbocycles. The molecule has 21 heavy (non-hydrogen) atoms. The van der Waals surface area contributed by atoms with Gasteiger partial charge in [0.15, 0.2) is 0 Å². The lowest BCUT2D eigenvalue weighted by Crippen LogP contribution is -2.30. The van der Waals surface area contributed by atoms with Gasteiger partial charge in [-0.3, -0.25) is 11.3 Å². The van der Waals surface area contributed by atoms with Crippen molar-refractivity contribution in [1.82, 2.24) is 15.0 Å². The van der Waals surface area contributed by atoms with E-state index in [4.69, 9.17) is 10.8 Å². The van der Waals surface area contributed by atoms with Crippen LogP contribution in [-0.4, -0.2) is 9.55 Å². The van der Waals surface area contributed by atoms with Crippen LogP contribution in [0.5, 0.6) is 0 Å². The van der Waals surface area contributed by atoms with E-state index in [1.54, 1.807) is 0 Å². The first-order valence-electron chi connectivity index (χ1n) is 7.28. The fourth-order valence-corrected chi connectivity index (χ4v) is 2.78. The summed E-state index contributed by atoms with van der Waals surface area (Å²) in [6.07, 6.45) is 0.767. The van der Waals surface area contributed by atoms with Gasteiger partial charge in [-0.25, -0.2) is 4.98 Å². The van der Waals surface area contributed by atoms with Crippen molar-refractivity contribution in [3.05, 3.63) is 66.0 Å². The van der Waals surface area contributed by atoms with Crippen LogP contribution in [0.25, 0.3) is 11.0 Å². The number of nitrogens with two attached hydrogens (primary N) is 1. The number of para-hydroxylation sites is 2. The van der Waals surface area contributed by atoms with Crippen LogP contribution >= 0.6 is 0 Å². The number of aromatic nitrogens is 2. The van der Waals surface area contributed by atoms with Crippen molar-refractivity contribution in [2.75, 3.05) is 0 Å². The van der Waals surface area contributed by atoms with E-state index >= 15 is 0 Å². The van der Waals surface area contributed by atoms with Crippen molar-refractivity contribution in [1.29, 1.82) is 0 Å². The monoisotopic (exact) mass is 280 g/mol. The first kappa shape index (κ1) is 13.8. The van der Waals surface area contributed by atoms with Crippen molar-refractivity contribution in [2.24, 2.45) is 5.84 Å². The summed E-state index contributed by atoms with van der Waals surface area (Å²) < 4.78 is 2.25. The van der Waals surface area contributed by atoms with Crippen LogP contribution in [0.3, 0.4) is 0 Å². The molecule has 3 rings (SSSR count). The van der Waals surface area contributed by atoms with Crippen LogP contribution in [0, 0.1) is 0 Å². The third-order valence-electron chi connectivity index (χ3n) is 3.84. The molecule has 3 N–H and O–H groups in total. The summed E-state index contributed by atoms with van der Waals surface area (Å²) in [5.74, 6) is 6.81. The normalized spacial score (nSPS) is 12.7. The summed E-state index contributed by atoms with van der Waals surface area (Å²) in [6, 6.07) is 18.6. The van der Waals surface area contributed by atoms with Gasteiger partial charge in [-0.15, -0.1) is 0 Å². The van der Waals surface area contributed by atoms with E-state index in [0.29, 0.717) is 0 Å². The molecule has 4 heteroatoms. The Morgan fingerprint density at radius 1 is 1.10 bits per heavy atom. The maximum Gasteiger partial charge on any atom is 0.111 e. The van der Waals surface area contributed by atoms with Crippen LogP contribution < -0.4 is 11.3 Å². The first-order valence-corrected chi connectivity index (χ1v) is 7.28. The zero-order chi connectivity index (χ0) is 14.7. The van der Waals surface area contributed by atoms with Gasteiger partial charge < -0.3 is 4.57 Å². The highest BCUT2D eigenvalue weighted by Gasteiger charge is 2.15. The molecule has 0 saturated carbocycles. The Bertz CT molecular complexity index is 718. The highest BCUT2D eigenvalue weighted by atomic mass is 15.2. The molecule has 108 valence electrons. The van der Waals surface area contributed by atoms with Crippen LogP contribution in [-0.2, 0) is 13.0 Å². The van der Waals surface area contributed by atoms with Crippen molar-refractivity contribution in [3.8, 4) is 0 Å². The average molecular weight is 280 g/mol. The molecule has 0 radical (unpaired) electrons. The van der Waals surface area contributed by atoms with Gasteiger partial charge in [-0.2, -0.15) is 0 Å². The third-order valence-corrected chi connectivity index (χ3v) is 3.84. The van der Waals surface area contributed by atoms with Crippen molar-refractivity contribution >= 4 is 11.0 Å². The molecule has 2 aromatic carbocycles. The van der Waals surface area contributed by atoms with Crippen LogP contribution in [0.2, 0.25) is 0 Å². The van der Waals surface area contributed by atoms with Gasteiger partial charge in [0.2, 0.25) is 0 Å². The Morgan fingerprint density at radius 3 is 2.52 bits per heavy atom. The highest BCUT2D eigenvalue weighted by molar-refractivity contribution is 5.75. The van der Waals surface area contributed by atoms with Gasteiger partial charge in [-0.1, -0.05) is 42.5 Å². The number of nitrogens with zero attached hydrogens (tertiary/aromatic N) is 2. The van der Waals surface area contributed by atoms with Crippen LogP contribution in [0.4, 0.5) is 0 Å². The molecule has 0 amide bonds. The predicted octanol–water partition coefficient (Wildman–Crippen LogP) is 2.80. The molecule has 3 aromatic rings. The molecule has 1 aromatic heterocycles. The van der Waals surface area contributed by atoms with Gasteiger partial charge in [0.1, 0.15) is 5.82 Å². The Kier molecular flexibility index (Phi) is 3.99. The fourth-order valence-electron chi connectivity index (χ4n) is 2.78. The maximum absolute atomic E-state index is 5.75. The van der Waals surface area contributed by atoms with E-state index in [2.05, 4.69) is 47.2 Å². The van der Waals surface area contributed by atoms with Crippen molar-refractivity contribution in [2.45, 2.75) is 25.9 Å². The number of hydrazine groups is 1. The summed E-state index contributed by atoms with van der Waals surface area (Å²) in [4.78, 5) is 4.76. The molecule has 0 aliphatic heterocycles. The number of aryl methyl sites for hydroxylation is 1. The number of imidazole rings is 1. The zero-order valence-electron chi connectivity index (χ0n) is 12.2. The van der Waals surface area contributed by atoms with Crippen LogP contribution in [0.1, 0.15) is 24.4 Å². The maximum atomic E-state index is 5.75. The Morgan fingerprint density at radius 2 is 1.81 bits per heavy atom. The summed E-state index contributed by atoms with van der Waals surface area (Å²) in [5, 5.41) is 0. The molecular weight excluding hydrogens is 260 g/mol. The fraction of sp³-hybridized carbons (Fsp3) is 0.235. The van der Waals surface area contributed by atoms with E-state index in [0.717, 1.165) is 24.3 Å². The molecule has 0 aliphatic rings. The van der Waals surface area contributed by atoms with Crippen molar-refractivity contribution in [3.63, 3.8) is 0 Å². The van der Waals surface area contributed by atoms with E-state index in [1.165, 1.54) is 11.1 Å². The Balaban J connectivity index is 1.97. The molecule has 4 nitrogen and oxygen atoms in total. The minimum atomic E-state index is 0.0633. The second-order valence-electron chi connectivity index (χ2n) is 5.10. The van der Waals surface area contributed by atoms with E-state index < -0.39 is 0 Å². The molecule has 1 heterocycles. The minimum Gasteiger partial charge on any atom is -0.328 e. The van der Waals surface area contributed by atoms with Gasteiger partial charge in [0.05, 0.1) is 17.1 Å². The zero-order valence-corrected chi connectivity index (χ0v) is 12.2. The predicted molar refractivity (Wildman–Crippen MR) is 85.6 cm³/mol. The SMILES string of the molecule is CCn1c(CC(NN)c2ccccc2)nc2ccccc21. The average Bonchev–Trinajstić information content (AvgIpc) is 2.90. The molecule has 0 saturated heterocycles. The summed E-state index contributed by atoms with van der Waals surface area (Å²) >= 11 is 0. The number of hydrogen-bond acceptors (Lipinski definition) is 3. The topological polar surface area (TPSA) is 55.9 Å². The summed E-state index contributed by atoms with van der Waals surface area (Å²) in [7, 11) is 0. The lowest BCUT2D eigenvalue weighted by atomic mass is 10.0. The minimum absolute atomic E-state index is 0.0633. The first-order chi connectivity index (χ1) is 10.3. The molecule has 0 bridgehead atoms. The van der Waals surface area contributed by atoms with Gasteiger partial charge in [0.25, 0.3) is 0 Å². The van der Waals surface area contributed by atoms with E-state index in [-0.39, 0.29) is 6.04 Å². The third kappa shape index (κ3) is 2.68. The Labute approximate surface area is 124 Å². The van der Waals surface area contributed by atoms with Gasteiger partial charge >= 0.3 is 0 Å². The quantitative estimate of drug-likeness (QED) is 0.558. The van der Waals surface area contributed by atoms with Gasteiger partial charge in [0, 0.05) is 13.0 Å². The number of benzene rings is 2. The standard InChI is InChI=1S/C17H20N4/c1-2-21-16-11-7-6-10-14(16)19-17(21)12-15(20-18)13-8-4-3-5-9-13/h3-11,15,20H,2,12,18H2,1H3. The molecule has 0 fully saturated rings. The molecular formula is C17H20N4. The number of fused-ring (bicyclic) bond motifs is 1.